The molecule has 2 amide bonds. The van der Waals surface area contributed by atoms with Crippen LogP contribution in [0, 0.1) is 6.92 Å². The van der Waals surface area contributed by atoms with Crippen molar-refractivity contribution in [3.63, 3.8) is 0 Å². The van der Waals surface area contributed by atoms with Gasteiger partial charge in [0.15, 0.2) is 0 Å². The highest BCUT2D eigenvalue weighted by molar-refractivity contribution is 5.88. The first kappa shape index (κ1) is 15.7. The number of ether oxygens (including phenoxy) is 2. The van der Waals surface area contributed by atoms with Crippen LogP contribution in [0.1, 0.15) is 41.5 Å². The summed E-state index contributed by atoms with van der Waals surface area (Å²) < 4.78 is 10.1. The first-order valence-corrected chi connectivity index (χ1v) is 5.49. The van der Waals surface area contributed by atoms with Gasteiger partial charge in [-0.3, -0.25) is 0 Å². The highest BCUT2D eigenvalue weighted by atomic mass is 16.6. The Labute approximate surface area is 103 Å². The van der Waals surface area contributed by atoms with E-state index in [0.717, 1.165) is 4.90 Å². The third-order valence-corrected chi connectivity index (χ3v) is 1.45. The Morgan fingerprint density at radius 2 is 1.24 bits per heavy atom. The number of nitrogens with zero attached hydrogens (tertiary/aromatic N) is 1. The molecule has 0 aliphatic heterocycles. The first-order chi connectivity index (χ1) is 7.46. The van der Waals surface area contributed by atoms with Crippen LogP contribution in [0.3, 0.4) is 0 Å². The van der Waals surface area contributed by atoms with Gasteiger partial charge in [0.05, 0.1) is 0 Å². The summed E-state index contributed by atoms with van der Waals surface area (Å²) in [6.45, 7) is 13.8. The lowest BCUT2D eigenvalue weighted by atomic mass is 10.2. The van der Waals surface area contributed by atoms with Gasteiger partial charge in [-0.1, -0.05) is 0 Å². The lowest BCUT2D eigenvalue weighted by Gasteiger charge is -2.27. The third-order valence-electron chi connectivity index (χ3n) is 1.45. The van der Waals surface area contributed by atoms with Crippen LogP contribution >= 0.6 is 0 Å². The van der Waals surface area contributed by atoms with Crippen LogP contribution in [0.15, 0.2) is 0 Å². The van der Waals surface area contributed by atoms with E-state index >= 15 is 0 Å². The monoisotopic (exact) mass is 244 g/mol. The van der Waals surface area contributed by atoms with E-state index in [2.05, 4.69) is 6.92 Å². The summed E-state index contributed by atoms with van der Waals surface area (Å²) in [5, 5.41) is 0. The number of imide groups is 1. The Hall–Kier alpha value is -1.26. The molecule has 0 aromatic rings. The van der Waals surface area contributed by atoms with Crippen LogP contribution in [0.4, 0.5) is 9.59 Å². The van der Waals surface area contributed by atoms with Gasteiger partial charge < -0.3 is 9.47 Å². The van der Waals surface area contributed by atoms with Gasteiger partial charge in [0.25, 0.3) is 0 Å². The van der Waals surface area contributed by atoms with Crippen molar-refractivity contribution in [2.45, 2.75) is 52.7 Å². The molecule has 5 nitrogen and oxygen atoms in total. The number of amides is 2. The topological polar surface area (TPSA) is 55.8 Å². The van der Waals surface area contributed by atoms with Crippen LogP contribution < -0.4 is 0 Å². The molecule has 17 heavy (non-hydrogen) atoms. The first-order valence-electron chi connectivity index (χ1n) is 5.49. The van der Waals surface area contributed by atoms with Crippen molar-refractivity contribution in [1.29, 1.82) is 0 Å². The molecule has 0 rings (SSSR count). The van der Waals surface area contributed by atoms with E-state index in [1.54, 1.807) is 41.5 Å². The molecule has 0 atom stereocenters. The maximum atomic E-state index is 11.7. The number of hydrogen-bond donors (Lipinski definition) is 0. The molecule has 5 heteroatoms. The zero-order chi connectivity index (χ0) is 13.9. The van der Waals surface area contributed by atoms with Crippen LogP contribution in [-0.4, -0.2) is 34.8 Å². The molecule has 0 saturated carbocycles. The molecule has 0 heterocycles. The number of carbonyl (C=O) groups excluding carboxylic acids is 2. The third kappa shape index (κ3) is 6.81. The van der Waals surface area contributed by atoms with Crippen LogP contribution in [0.5, 0.6) is 0 Å². The van der Waals surface area contributed by atoms with E-state index in [1.165, 1.54) is 0 Å². The molecule has 0 spiro atoms. The summed E-state index contributed by atoms with van der Waals surface area (Å²) >= 11 is 0. The van der Waals surface area contributed by atoms with E-state index < -0.39 is 23.4 Å². The minimum atomic E-state index is -0.748. The zero-order valence-corrected chi connectivity index (χ0v) is 11.5. The summed E-state index contributed by atoms with van der Waals surface area (Å²) in [6, 6.07) is 0. The maximum Gasteiger partial charge on any atom is 0.419 e. The van der Waals surface area contributed by atoms with Crippen molar-refractivity contribution >= 4 is 12.2 Å². The number of hydrogen-bond acceptors (Lipinski definition) is 4. The van der Waals surface area contributed by atoms with Gasteiger partial charge >= 0.3 is 12.2 Å². The fourth-order valence-electron chi connectivity index (χ4n) is 0.891. The average molecular weight is 244 g/mol. The Kier molecular flexibility index (Phi) is 4.98. The fraction of sp³-hybridized carbons (Fsp3) is 0.750. The average Bonchev–Trinajstić information content (AvgIpc) is 1.96. The highest BCUT2D eigenvalue weighted by Crippen LogP contribution is 2.13. The van der Waals surface area contributed by atoms with Gasteiger partial charge in [-0.25, -0.2) is 14.5 Å². The van der Waals surface area contributed by atoms with Crippen molar-refractivity contribution in [3.05, 3.63) is 6.92 Å². The maximum absolute atomic E-state index is 11.7. The SMILES string of the molecule is [CH2]CN(C(=O)OC(C)(C)C)C(=O)OC(C)(C)C. The standard InChI is InChI=1S/C12H22NO4/c1-8-13(9(14)16-11(2,3)4)10(15)17-12(5,6)7/h1,8H2,2-7H3. The van der Waals surface area contributed by atoms with Crippen LogP contribution in [-0.2, 0) is 9.47 Å². The van der Waals surface area contributed by atoms with Crippen molar-refractivity contribution in [2.24, 2.45) is 0 Å². The lowest BCUT2D eigenvalue weighted by Crippen LogP contribution is -2.43. The quantitative estimate of drug-likeness (QED) is 0.711. The molecule has 0 unspecified atom stereocenters. The highest BCUT2D eigenvalue weighted by Gasteiger charge is 2.29. The molecule has 99 valence electrons. The summed E-state index contributed by atoms with van der Waals surface area (Å²) in [4.78, 5) is 24.2. The Balaban J connectivity index is 4.62. The lowest BCUT2D eigenvalue weighted by molar-refractivity contribution is 0.00364. The van der Waals surface area contributed by atoms with E-state index in [4.69, 9.17) is 9.47 Å². The van der Waals surface area contributed by atoms with Gasteiger partial charge in [0.1, 0.15) is 11.2 Å². The smallest absolute Gasteiger partial charge is 0.419 e. The van der Waals surface area contributed by atoms with Crippen molar-refractivity contribution in [3.8, 4) is 0 Å². The van der Waals surface area contributed by atoms with Gasteiger partial charge in [-0.2, -0.15) is 0 Å². The van der Waals surface area contributed by atoms with E-state index in [1.807, 2.05) is 0 Å². The van der Waals surface area contributed by atoms with Gasteiger partial charge in [0, 0.05) is 6.54 Å². The van der Waals surface area contributed by atoms with Crippen LogP contribution in [0.25, 0.3) is 0 Å². The molecular weight excluding hydrogens is 222 g/mol. The molecule has 0 N–H and O–H groups in total. The zero-order valence-electron chi connectivity index (χ0n) is 11.5. The van der Waals surface area contributed by atoms with E-state index in [9.17, 15) is 9.59 Å². The van der Waals surface area contributed by atoms with Crippen molar-refractivity contribution in [2.75, 3.05) is 6.54 Å². The van der Waals surface area contributed by atoms with Gasteiger partial charge in [-0.05, 0) is 48.5 Å². The number of carbonyl (C=O) groups is 2. The predicted molar refractivity (Wildman–Crippen MR) is 64.5 cm³/mol. The molecule has 0 fully saturated rings. The van der Waals surface area contributed by atoms with Crippen molar-refractivity contribution < 1.29 is 19.1 Å². The Morgan fingerprint density at radius 3 is 1.41 bits per heavy atom. The van der Waals surface area contributed by atoms with E-state index in [0.29, 0.717) is 0 Å². The van der Waals surface area contributed by atoms with E-state index in [-0.39, 0.29) is 6.54 Å². The largest absolute Gasteiger partial charge is 0.443 e. The summed E-state index contributed by atoms with van der Waals surface area (Å²) in [5.41, 5.74) is -1.32. The Bertz CT molecular complexity index is 258. The predicted octanol–water partition coefficient (Wildman–Crippen LogP) is 2.99. The minimum absolute atomic E-state index is 0.0379. The van der Waals surface area contributed by atoms with Gasteiger partial charge in [0.2, 0.25) is 0 Å². The van der Waals surface area contributed by atoms with Crippen molar-refractivity contribution in [1.82, 2.24) is 4.90 Å². The minimum Gasteiger partial charge on any atom is -0.443 e. The van der Waals surface area contributed by atoms with Gasteiger partial charge in [-0.15, -0.1) is 0 Å². The molecule has 0 aliphatic rings. The summed E-state index contributed by atoms with van der Waals surface area (Å²) in [6.07, 6.45) is -1.50. The molecule has 0 aromatic heterocycles. The second-order valence-corrected chi connectivity index (χ2v) is 5.61. The summed E-state index contributed by atoms with van der Waals surface area (Å²) in [5.74, 6) is 0. The molecule has 0 bridgehead atoms. The number of rotatable bonds is 1. The Morgan fingerprint density at radius 1 is 0.941 bits per heavy atom. The molecule has 0 aliphatic carbocycles. The molecule has 1 radical (unpaired) electrons. The van der Waals surface area contributed by atoms with Crippen LogP contribution in [0.2, 0.25) is 0 Å². The molecule has 0 saturated heterocycles. The second-order valence-electron chi connectivity index (χ2n) is 5.61. The fourth-order valence-corrected chi connectivity index (χ4v) is 0.891. The second kappa shape index (κ2) is 5.38. The normalized spacial score (nSPS) is 11.9. The molecule has 0 aromatic carbocycles. The summed E-state index contributed by atoms with van der Waals surface area (Å²) in [7, 11) is 0. The molecular formula is C12H22NO4.